The van der Waals surface area contributed by atoms with E-state index in [4.69, 9.17) is 0 Å². The second-order valence-electron chi connectivity index (χ2n) is 3.97. The molecule has 1 rings (SSSR count). The molecule has 2 nitrogen and oxygen atoms in total. The van der Waals surface area contributed by atoms with Gasteiger partial charge in [-0.2, -0.15) is 8.78 Å². The molecule has 0 aromatic heterocycles. The van der Waals surface area contributed by atoms with Gasteiger partial charge < -0.3 is 4.74 Å². The Morgan fingerprint density at radius 2 is 2.00 bits per heavy atom. The number of carbonyl (C=O) groups is 1. The molecule has 0 radical (unpaired) electrons. The number of hydrogen-bond donors (Lipinski definition) is 0. The predicted molar refractivity (Wildman–Crippen MR) is 43.8 cm³/mol. The van der Waals surface area contributed by atoms with Crippen LogP contribution in [0, 0.1) is 5.41 Å². The molecule has 0 aromatic rings. The van der Waals surface area contributed by atoms with Crippen molar-refractivity contribution in [2.24, 2.45) is 5.41 Å². The number of allylic oxidation sites excluding steroid dienone is 2. The molecule has 0 N–H and O–H groups in total. The van der Waals surface area contributed by atoms with Crippen molar-refractivity contribution in [3.05, 3.63) is 11.8 Å². The van der Waals surface area contributed by atoms with Crippen LogP contribution in [0.25, 0.3) is 0 Å². The number of carbonyl (C=O) groups excluding carboxylic acids is 1. The van der Waals surface area contributed by atoms with Crippen LogP contribution >= 0.6 is 0 Å². The van der Waals surface area contributed by atoms with Crippen LogP contribution in [-0.2, 0) is 9.53 Å². The molecule has 1 aliphatic heterocycles. The molecule has 0 unspecified atom stereocenters. The summed E-state index contributed by atoms with van der Waals surface area (Å²) in [6, 6.07) is 0. The molecule has 0 bridgehead atoms. The molecule has 6 heteroatoms. The third-order valence-corrected chi connectivity index (χ3v) is 2.12. The highest BCUT2D eigenvalue weighted by Gasteiger charge is 2.49. The minimum Gasteiger partial charge on any atom is -0.490 e. The maximum absolute atomic E-state index is 12.8. The second kappa shape index (κ2) is 3.50. The number of halogens is 4. The number of alkyl halides is 4. The van der Waals surface area contributed by atoms with Crippen molar-refractivity contribution < 1.29 is 27.1 Å². The van der Waals surface area contributed by atoms with E-state index < -0.39 is 29.3 Å². The van der Waals surface area contributed by atoms with Crippen LogP contribution in [0.1, 0.15) is 13.8 Å². The molecular weight excluding hydrogens is 216 g/mol. The molecule has 86 valence electrons. The van der Waals surface area contributed by atoms with Gasteiger partial charge >= 0.3 is 12.3 Å². The Hall–Kier alpha value is -1.07. The normalized spacial score (nSPS) is 21.3. The van der Waals surface area contributed by atoms with Gasteiger partial charge in [0.25, 0.3) is 0 Å². The van der Waals surface area contributed by atoms with Gasteiger partial charge in [0, 0.05) is 6.08 Å². The highest BCUT2D eigenvalue weighted by Crippen LogP contribution is 2.36. The van der Waals surface area contributed by atoms with Crippen molar-refractivity contribution in [1.82, 2.24) is 0 Å². The van der Waals surface area contributed by atoms with E-state index in [9.17, 15) is 22.4 Å². The Morgan fingerprint density at radius 1 is 1.47 bits per heavy atom. The van der Waals surface area contributed by atoms with Gasteiger partial charge in [-0.1, -0.05) is 0 Å². The average Bonchev–Trinajstić information content (AvgIpc) is 2.09. The van der Waals surface area contributed by atoms with Crippen molar-refractivity contribution >= 4 is 5.78 Å². The van der Waals surface area contributed by atoms with E-state index in [1.54, 1.807) is 0 Å². The molecule has 0 atom stereocenters. The Kier molecular flexibility index (Phi) is 2.80. The number of ketones is 1. The van der Waals surface area contributed by atoms with E-state index in [1.807, 2.05) is 0 Å². The molecular formula is C9H10F4O2. The molecule has 0 saturated heterocycles. The van der Waals surface area contributed by atoms with Crippen molar-refractivity contribution in [3.63, 3.8) is 0 Å². The molecule has 1 aliphatic rings. The zero-order valence-electron chi connectivity index (χ0n) is 8.19. The van der Waals surface area contributed by atoms with Gasteiger partial charge in [0.15, 0.2) is 11.5 Å². The van der Waals surface area contributed by atoms with Crippen LogP contribution in [0.5, 0.6) is 0 Å². The summed E-state index contributed by atoms with van der Waals surface area (Å²) in [7, 11) is 0. The van der Waals surface area contributed by atoms with Crippen molar-refractivity contribution in [1.29, 1.82) is 0 Å². The van der Waals surface area contributed by atoms with E-state index >= 15 is 0 Å². The molecule has 0 spiro atoms. The van der Waals surface area contributed by atoms with Gasteiger partial charge in [0.05, 0.1) is 5.41 Å². The fourth-order valence-corrected chi connectivity index (χ4v) is 0.985. The Balaban J connectivity index is 2.97. The summed E-state index contributed by atoms with van der Waals surface area (Å²) >= 11 is 0. The van der Waals surface area contributed by atoms with Crippen molar-refractivity contribution in [3.8, 4) is 0 Å². The SMILES string of the molecule is CC1(C)COC(C(F)(F)C(F)F)=CC1=O. The lowest BCUT2D eigenvalue weighted by Crippen LogP contribution is -2.39. The van der Waals surface area contributed by atoms with Crippen LogP contribution in [0.15, 0.2) is 11.8 Å². The maximum Gasteiger partial charge on any atom is 0.363 e. The van der Waals surface area contributed by atoms with E-state index in [2.05, 4.69) is 4.74 Å². The van der Waals surface area contributed by atoms with Crippen LogP contribution in [-0.4, -0.2) is 24.7 Å². The van der Waals surface area contributed by atoms with E-state index in [-0.39, 0.29) is 6.61 Å². The average molecular weight is 226 g/mol. The molecule has 15 heavy (non-hydrogen) atoms. The quantitative estimate of drug-likeness (QED) is 0.676. The first-order valence-corrected chi connectivity index (χ1v) is 4.23. The lowest BCUT2D eigenvalue weighted by molar-refractivity contribution is -0.147. The fraction of sp³-hybridized carbons (Fsp3) is 0.667. The molecule has 0 fully saturated rings. The second-order valence-corrected chi connectivity index (χ2v) is 3.97. The molecule has 1 heterocycles. The summed E-state index contributed by atoms with van der Waals surface area (Å²) < 4.78 is 53.9. The van der Waals surface area contributed by atoms with E-state index in [0.29, 0.717) is 6.08 Å². The standard InChI is InChI=1S/C9H10F4O2/c1-8(2)4-15-6(3-5(8)14)9(12,13)7(10)11/h3,7H,4H2,1-2H3. The lowest BCUT2D eigenvalue weighted by atomic mass is 9.87. The topological polar surface area (TPSA) is 26.3 Å². The predicted octanol–water partition coefficient (Wildman–Crippen LogP) is 2.40. The maximum atomic E-state index is 12.8. The van der Waals surface area contributed by atoms with Crippen molar-refractivity contribution in [2.75, 3.05) is 6.61 Å². The molecule has 0 amide bonds. The summed E-state index contributed by atoms with van der Waals surface area (Å²) in [6.07, 6.45) is -3.42. The first-order valence-electron chi connectivity index (χ1n) is 4.23. The first-order chi connectivity index (χ1) is 6.68. The van der Waals surface area contributed by atoms with Gasteiger partial charge in [0.1, 0.15) is 6.61 Å². The monoisotopic (exact) mass is 226 g/mol. The van der Waals surface area contributed by atoms with Gasteiger partial charge in [-0.15, -0.1) is 0 Å². The van der Waals surface area contributed by atoms with Gasteiger partial charge in [-0.3, -0.25) is 4.79 Å². The molecule has 0 aliphatic carbocycles. The minimum absolute atomic E-state index is 0.319. The van der Waals surface area contributed by atoms with Crippen LogP contribution in [0.3, 0.4) is 0 Å². The highest BCUT2D eigenvalue weighted by atomic mass is 19.3. The number of hydrogen-bond acceptors (Lipinski definition) is 2. The third-order valence-electron chi connectivity index (χ3n) is 2.12. The van der Waals surface area contributed by atoms with Gasteiger partial charge in [0.2, 0.25) is 0 Å². The number of rotatable bonds is 2. The number of ether oxygens (including phenoxy) is 1. The fourth-order valence-electron chi connectivity index (χ4n) is 0.985. The first kappa shape index (κ1) is 12.0. The largest absolute Gasteiger partial charge is 0.490 e. The lowest BCUT2D eigenvalue weighted by Gasteiger charge is -2.30. The van der Waals surface area contributed by atoms with Crippen LogP contribution in [0.4, 0.5) is 17.6 Å². The summed E-state index contributed by atoms with van der Waals surface area (Å²) in [5.41, 5.74) is -0.943. The van der Waals surface area contributed by atoms with Gasteiger partial charge in [-0.25, -0.2) is 8.78 Å². The van der Waals surface area contributed by atoms with E-state index in [0.717, 1.165) is 0 Å². The Morgan fingerprint density at radius 3 is 2.40 bits per heavy atom. The van der Waals surface area contributed by atoms with Crippen LogP contribution in [0.2, 0.25) is 0 Å². The van der Waals surface area contributed by atoms with E-state index in [1.165, 1.54) is 13.8 Å². The summed E-state index contributed by atoms with van der Waals surface area (Å²) in [5.74, 6) is -6.28. The zero-order chi connectivity index (χ0) is 11.9. The van der Waals surface area contributed by atoms with Crippen molar-refractivity contribution in [2.45, 2.75) is 26.2 Å². The summed E-state index contributed by atoms with van der Waals surface area (Å²) in [6.45, 7) is 2.66. The molecule has 0 saturated carbocycles. The Bertz CT molecular complexity index is 307. The third kappa shape index (κ3) is 2.13. The molecule has 0 aromatic carbocycles. The zero-order valence-corrected chi connectivity index (χ0v) is 8.19. The van der Waals surface area contributed by atoms with Gasteiger partial charge in [-0.05, 0) is 13.8 Å². The summed E-state index contributed by atoms with van der Waals surface area (Å²) in [5, 5.41) is 0. The highest BCUT2D eigenvalue weighted by molar-refractivity contribution is 5.95. The summed E-state index contributed by atoms with van der Waals surface area (Å²) in [4.78, 5) is 11.3. The Labute approximate surface area is 83.9 Å². The van der Waals surface area contributed by atoms with Crippen LogP contribution < -0.4 is 0 Å². The minimum atomic E-state index is -4.40. The smallest absolute Gasteiger partial charge is 0.363 e.